The molecule has 0 aliphatic carbocycles. The molecule has 0 unspecified atom stereocenters. The monoisotopic (exact) mass is 113 g/mol. The maximum Gasteiger partial charge on any atom is 0.0385 e. The Hall–Kier alpha value is -0.330. The second-order valence-electron chi connectivity index (χ2n) is 1.87. The van der Waals surface area contributed by atoms with Crippen LogP contribution in [0.5, 0.6) is 0 Å². The van der Waals surface area contributed by atoms with Crippen LogP contribution in [0.25, 0.3) is 0 Å². The van der Waals surface area contributed by atoms with E-state index in [0.717, 1.165) is 6.54 Å². The Kier molecular flexibility index (Phi) is 6.39. The molecule has 0 N–H and O–H groups in total. The second kappa shape index (κ2) is 6.67. The zero-order valence-corrected chi connectivity index (χ0v) is 5.85. The van der Waals surface area contributed by atoms with Crippen LogP contribution in [0.4, 0.5) is 0 Å². The van der Waals surface area contributed by atoms with Crippen molar-refractivity contribution in [2.45, 2.75) is 33.1 Å². The average Bonchev–Trinajstić information content (AvgIpc) is 1.81. The van der Waals surface area contributed by atoms with E-state index in [4.69, 9.17) is 0 Å². The molecule has 0 aliphatic heterocycles. The SMILES string of the molecule is CC=NCCCCC. The molecular weight excluding hydrogens is 98.1 g/mol. The van der Waals surface area contributed by atoms with E-state index in [9.17, 15) is 0 Å². The van der Waals surface area contributed by atoms with Crippen LogP contribution in [0.15, 0.2) is 4.99 Å². The first-order valence-electron chi connectivity index (χ1n) is 3.36. The lowest BCUT2D eigenvalue weighted by atomic mass is 10.2. The first-order chi connectivity index (χ1) is 3.91. The molecule has 48 valence electrons. The van der Waals surface area contributed by atoms with Gasteiger partial charge in [0.2, 0.25) is 0 Å². The first-order valence-corrected chi connectivity index (χ1v) is 3.36. The van der Waals surface area contributed by atoms with Crippen LogP contribution >= 0.6 is 0 Å². The normalized spacial score (nSPS) is 10.8. The van der Waals surface area contributed by atoms with E-state index in [1.165, 1.54) is 19.3 Å². The lowest BCUT2D eigenvalue weighted by Crippen LogP contribution is -1.79. The summed E-state index contributed by atoms with van der Waals surface area (Å²) < 4.78 is 0. The number of rotatable bonds is 4. The molecule has 0 saturated carbocycles. The van der Waals surface area contributed by atoms with Gasteiger partial charge in [0.05, 0.1) is 0 Å². The molecule has 0 aromatic rings. The third kappa shape index (κ3) is 5.67. The van der Waals surface area contributed by atoms with E-state index in [-0.39, 0.29) is 0 Å². The molecule has 0 saturated heterocycles. The number of aliphatic imine (C=N–C) groups is 1. The van der Waals surface area contributed by atoms with E-state index >= 15 is 0 Å². The minimum Gasteiger partial charge on any atom is -0.298 e. The lowest BCUT2D eigenvalue weighted by Gasteiger charge is -1.89. The van der Waals surface area contributed by atoms with Crippen LogP contribution in [0.2, 0.25) is 0 Å². The average molecular weight is 113 g/mol. The maximum absolute atomic E-state index is 4.08. The summed E-state index contributed by atoms with van der Waals surface area (Å²) in [7, 11) is 0. The molecule has 0 amide bonds. The smallest absolute Gasteiger partial charge is 0.0385 e. The molecule has 0 spiro atoms. The Bertz CT molecular complexity index is 57.4. The third-order valence-corrected chi connectivity index (χ3v) is 1.07. The van der Waals surface area contributed by atoms with Gasteiger partial charge in [0.25, 0.3) is 0 Å². The molecule has 1 heteroatoms. The largest absolute Gasteiger partial charge is 0.298 e. The fourth-order valence-electron chi connectivity index (χ4n) is 0.582. The van der Waals surface area contributed by atoms with Gasteiger partial charge >= 0.3 is 0 Å². The Balaban J connectivity index is 2.72. The van der Waals surface area contributed by atoms with Crippen molar-refractivity contribution in [1.82, 2.24) is 0 Å². The molecule has 1 nitrogen and oxygen atoms in total. The molecule has 0 atom stereocenters. The second-order valence-corrected chi connectivity index (χ2v) is 1.87. The van der Waals surface area contributed by atoms with E-state index in [0.29, 0.717) is 0 Å². The fraction of sp³-hybridized carbons (Fsp3) is 0.857. The molecule has 0 rings (SSSR count). The van der Waals surface area contributed by atoms with Crippen molar-refractivity contribution in [3.05, 3.63) is 0 Å². The number of unbranched alkanes of at least 4 members (excludes halogenated alkanes) is 2. The molecular formula is C7H15N. The topological polar surface area (TPSA) is 12.4 Å². The van der Waals surface area contributed by atoms with Gasteiger partial charge in [-0.2, -0.15) is 0 Å². The van der Waals surface area contributed by atoms with Gasteiger partial charge in [-0.25, -0.2) is 0 Å². The summed E-state index contributed by atoms with van der Waals surface area (Å²) in [5.41, 5.74) is 0. The van der Waals surface area contributed by atoms with Crippen LogP contribution < -0.4 is 0 Å². The zero-order valence-electron chi connectivity index (χ0n) is 5.85. The van der Waals surface area contributed by atoms with Gasteiger partial charge in [0, 0.05) is 6.54 Å². The summed E-state index contributed by atoms with van der Waals surface area (Å²) in [6.07, 6.45) is 5.73. The van der Waals surface area contributed by atoms with Crippen molar-refractivity contribution in [3.8, 4) is 0 Å². The fourth-order valence-corrected chi connectivity index (χ4v) is 0.582. The van der Waals surface area contributed by atoms with E-state index in [1.807, 2.05) is 13.1 Å². The van der Waals surface area contributed by atoms with E-state index in [1.54, 1.807) is 0 Å². The van der Waals surface area contributed by atoms with E-state index < -0.39 is 0 Å². The standard InChI is InChI=1S/C7H15N/c1-3-5-6-7-8-4-2/h4H,3,5-7H2,1-2H3. The minimum absolute atomic E-state index is 1.02. The zero-order chi connectivity index (χ0) is 6.24. The van der Waals surface area contributed by atoms with Gasteiger partial charge in [-0.1, -0.05) is 19.8 Å². The molecule has 0 fully saturated rings. The van der Waals surface area contributed by atoms with Crippen molar-refractivity contribution in [2.75, 3.05) is 6.54 Å². The highest BCUT2D eigenvalue weighted by molar-refractivity contribution is 5.53. The number of hydrogen-bond donors (Lipinski definition) is 0. The summed E-state index contributed by atoms with van der Waals surface area (Å²) in [5, 5.41) is 0. The van der Waals surface area contributed by atoms with Gasteiger partial charge in [0.15, 0.2) is 0 Å². The first kappa shape index (κ1) is 7.67. The van der Waals surface area contributed by atoms with Crippen molar-refractivity contribution in [1.29, 1.82) is 0 Å². The molecule has 8 heavy (non-hydrogen) atoms. The van der Waals surface area contributed by atoms with Crippen LogP contribution in [-0.4, -0.2) is 12.8 Å². The summed E-state index contributed by atoms with van der Waals surface area (Å²) >= 11 is 0. The lowest BCUT2D eigenvalue weighted by molar-refractivity contribution is 0.729. The van der Waals surface area contributed by atoms with Crippen molar-refractivity contribution in [2.24, 2.45) is 4.99 Å². The van der Waals surface area contributed by atoms with Crippen LogP contribution in [-0.2, 0) is 0 Å². The highest BCUT2D eigenvalue weighted by Gasteiger charge is 1.79. The summed E-state index contributed by atoms with van der Waals surface area (Å²) in [4.78, 5) is 4.08. The molecule has 0 heterocycles. The van der Waals surface area contributed by atoms with Gasteiger partial charge in [-0.3, -0.25) is 4.99 Å². The summed E-state index contributed by atoms with van der Waals surface area (Å²) in [6.45, 7) is 5.19. The van der Waals surface area contributed by atoms with Crippen LogP contribution in [0, 0.1) is 0 Å². The predicted octanol–water partition coefficient (Wildman–Crippen LogP) is 2.27. The third-order valence-electron chi connectivity index (χ3n) is 1.07. The maximum atomic E-state index is 4.08. The Labute approximate surface area is 51.8 Å². The van der Waals surface area contributed by atoms with E-state index in [2.05, 4.69) is 11.9 Å². The molecule has 0 radical (unpaired) electrons. The summed E-state index contributed by atoms with van der Waals surface area (Å²) in [6, 6.07) is 0. The van der Waals surface area contributed by atoms with Gasteiger partial charge in [-0.05, 0) is 19.6 Å². The molecule has 0 bridgehead atoms. The molecule has 0 aliphatic rings. The Morgan fingerprint density at radius 1 is 1.38 bits per heavy atom. The number of nitrogens with zero attached hydrogens (tertiary/aromatic N) is 1. The summed E-state index contributed by atoms with van der Waals surface area (Å²) in [5.74, 6) is 0. The van der Waals surface area contributed by atoms with Gasteiger partial charge in [0.1, 0.15) is 0 Å². The van der Waals surface area contributed by atoms with Crippen molar-refractivity contribution < 1.29 is 0 Å². The Morgan fingerprint density at radius 3 is 2.62 bits per heavy atom. The van der Waals surface area contributed by atoms with Gasteiger partial charge < -0.3 is 0 Å². The Morgan fingerprint density at radius 2 is 2.12 bits per heavy atom. The minimum atomic E-state index is 1.02. The van der Waals surface area contributed by atoms with Gasteiger partial charge in [-0.15, -0.1) is 0 Å². The number of hydrogen-bond acceptors (Lipinski definition) is 1. The van der Waals surface area contributed by atoms with Crippen LogP contribution in [0.1, 0.15) is 33.1 Å². The highest BCUT2D eigenvalue weighted by Crippen LogP contribution is 1.92. The quantitative estimate of drug-likeness (QED) is 0.391. The highest BCUT2D eigenvalue weighted by atomic mass is 14.7. The van der Waals surface area contributed by atoms with Crippen LogP contribution in [0.3, 0.4) is 0 Å². The van der Waals surface area contributed by atoms with Crippen molar-refractivity contribution >= 4 is 6.21 Å². The molecule has 0 aromatic carbocycles. The molecule has 0 aromatic heterocycles. The van der Waals surface area contributed by atoms with Crippen molar-refractivity contribution in [3.63, 3.8) is 0 Å². The predicted molar refractivity (Wildman–Crippen MR) is 38.6 cm³/mol.